The molecule has 5 atom stereocenters. The predicted molar refractivity (Wildman–Crippen MR) is 151 cm³/mol. The molecule has 7 nitrogen and oxygen atoms in total. The van der Waals surface area contributed by atoms with Crippen molar-refractivity contribution in [3.8, 4) is 0 Å². The first-order valence-corrected chi connectivity index (χ1v) is 14.0. The number of amides is 1. The zero-order valence-electron chi connectivity index (χ0n) is 23.4. The van der Waals surface area contributed by atoms with Crippen LogP contribution in [0, 0.1) is 10.8 Å². The summed E-state index contributed by atoms with van der Waals surface area (Å²) in [5.74, 6) is 0. The van der Waals surface area contributed by atoms with Gasteiger partial charge in [0, 0.05) is 36.8 Å². The lowest BCUT2D eigenvalue weighted by Crippen LogP contribution is -2.42. The van der Waals surface area contributed by atoms with E-state index in [9.17, 15) is 9.90 Å². The third-order valence-corrected chi connectivity index (χ3v) is 8.31. The molecule has 7 heteroatoms. The molecule has 5 rings (SSSR count). The van der Waals surface area contributed by atoms with E-state index in [2.05, 4.69) is 37.6 Å². The van der Waals surface area contributed by atoms with Crippen molar-refractivity contribution in [2.75, 3.05) is 25.0 Å². The van der Waals surface area contributed by atoms with E-state index < -0.39 is 12.4 Å². The van der Waals surface area contributed by atoms with Crippen LogP contribution >= 0.6 is 0 Å². The Balaban J connectivity index is 1.36. The summed E-state index contributed by atoms with van der Waals surface area (Å²) in [7, 11) is 0. The first kappa shape index (κ1) is 27.8. The number of carbonyl (C=O) groups is 1. The number of nitrogens with zero attached hydrogens (tertiary/aromatic N) is 1. The molecule has 2 aliphatic heterocycles. The van der Waals surface area contributed by atoms with Crippen molar-refractivity contribution >= 4 is 11.8 Å². The van der Waals surface area contributed by atoms with Gasteiger partial charge < -0.3 is 19.3 Å². The highest BCUT2D eigenvalue weighted by Crippen LogP contribution is 2.53. The van der Waals surface area contributed by atoms with Gasteiger partial charge in [0.25, 0.3) is 0 Å². The molecule has 0 radical (unpaired) electrons. The molecule has 2 saturated heterocycles. The van der Waals surface area contributed by atoms with Crippen LogP contribution in [0.3, 0.4) is 0 Å². The van der Waals surface area contributed by atoms with E-state index in [-0.39, 0.29) is 25.4 Å². The quantitative estimate of drug-likeness (QED) is 0.384. The van der Waals surface area contributed by atoms with Gasteiger partial charge in [-0.1, -0.05) is 69.8 Å². The highest BCUT2D eigenvalue weighted by atomic mass is 16.7. The van der Waals surface area contributed by atoms with Gasteiger partial charge in [0.15, 0.2) is 6.29 Å². The molecule has 3 fully saturated rings. The maximum atomic E-state index is 12.1. The zero-order valence-corrected chi connectivity index (χ0v) is 23.4. The summed E-state index contributed by atoms with van der Waals surface area (Å²) in [6.45, 7) is 13.0. The molecule has 2 unspecified atom stereocenters. The van der Waals surface area contributed by atoms with Crippen LogP contribution in [-0.2, 0) is 20.8 Å². The minimum atomic E-state index is -0.578. The molecule has 1 saturated carbocycles. The third-order valence-electron chi connectivity index (χ3n) is 8.31. The molecule has 0 spiro atoms. The molecule has 3 aliphatic rings. The molecular formula is C32H42N2O5. The largest absolute Gasteiger partial charge is 0.445 e. The lowest BCUT2D eigenvalue weighted by molar-refractivity contribution is -0.253. The van der Waals surface area contributed by atoms with Gasteiger partial charge >= 0.3 is 6.09 Å². The van der Waals surface area contributed by atoms with Crippen molar-refractivity contribution in [3.63, 3.8) is 0 Å². The Morgan fingerprint density at radius 1 is 1.15 bits per heavy atom. The molecule has 2 heterocycles. The molecule has 2 bridgehead atoms. The molecule has 39 heavy (non-hydrogen) atoms. The fraction of sp³-hybridized carbons (Fsp3) is 0.531. The predicted octanol–water partition coefficient (Wildman–Crippen LogP) is 6.36. The Bertz CT molecular complexity index is 1170. The van der Waals surface area contributed by atoms with Crippen LogP contribution in [-0.4, -0.2) is 47.9 Å². The molecule has 2 N–H and O–H groups in total. The lowest BCUT2D eigenvalue weighted by Gasteiger charge is -2.41. The van der Waals surface area contributed by atoms with Gasteiger partial charge in [-0.2, -0.15) is 0 Å². The van der Waals surface area contributed by atoms with Gasteiger partial charge in [0.05, 0.1) is 18.8 Å². The van der Waals surface area contributed by atoms with Crippen molar-refractivity contribution in [2.24, 2.45) is 10.8 Å². The minimum absolute atomic E-state index is 0.00787. The highest BCUT2D eigenvalue weighted by molar-refractivity contribution is 5.84. The van der Waals surface area contributed by atoms with E-state index in [0.717, 1.165) is 36.2 Å². The van der Waals surface area contributed by atoms with E-state index in [4.69, 9.17) is 14.2 Å². The first-order valence-electron chi connectivity index (χ1n) is 14.0. The SMILES string of the molecule is C=CCOC(=O)Nc1cccc([C@H]2O[C@@H](CN3CC4(C)CC3CC(C)(C)C4)C[C@@H](c3ccc(CO)cc3)O2)c1. The number of hydrogen-bond acceptors (Lipinski definition) is 6. The van der Waals surface area contributed by atoms with E-state index in [0.29, 0.717) is 22.6 Å². The van der Waals surface area contributed by atoms with E-state index in [1.807, 2.05) is 48.5 Å². The second-order valence-electron chi connectivity index (χ2n) is 12.6. The second-order valence-corrected chi connectivity index (χ2v) is 12.6. The van der Waals surface area contributed by atoms with Crippen molar-refractivity contribution < 1.29 is 24.1 Å². The van der Waals surface area contributed by atoms with Crippen LogP contribution in [0.2, 0.25) is 0 Å². The minimum Gasteiger partial charge on any atom is -0.445 e. The van der Waals surface area contributed by atoms with Crippen LogP contribution in [0.25, 0.3) is 0 Å². The van der Waals surface area contributed by atoms with Gasteiger partial charge in [0.2, 0.25) is 0 Å². The van der Waals surface area contributed by atoms with Gasteiger partial charge in [-0.05, 0) is 53.4 Å². The average molecular weight is 535 g/mol. The zero-order chi connectivity index (χ0) is 27.6. The molecule has 2 aromatic carbocycles. The Labute approximate surface area is 232 Å². The number of likely N-dealkylation sites (tertiary alicyclic amines) is 1. The van der Waals surface area contributed by atoms with Crippen molar-refractivity contribution in [1.29, 1.82) is 0 Å². The molecule has 2 aromatic rings. The number of fused-ring (bicyclic) bond motifs is 2. The number of rotatable bonds is 8. The lowest BCUT2D eigenvalue weighted by atomic mass is 9.65. The van der Waals surface area contributed by atoms with E-state index >= 15 is 0 Å². The number of hydrogen-bond donors (Lipinski definition) is 2. The van der Waals surface area contributed by atoms with E-state index in [1.54, 1.807) is 0 Å². The van der Waals surface area contributed by atoms with Crippen LogP contribution in [0.5, 0.6) is 0 Å². The summed E-state index contributed by atoms with van der Waals surface area (Å²) >= 11 is 0. The van der Waals surface area contributed by atoms with Crippen LogP contribution < -0.4 is 5.32 Å². The Hall–Kier alpha value is -2.71. The second kappa shape index (κ2) is 11.4. The van der Waals surface area contributed by atoms with Gasteiger partial charge in [0.1, 0.15) is 6.61 Å². The van der Waals surface area contributed by atoms with E-state index in [1.165, 1.54) is 25.3 Å². The molecule has 210 valence electrons. The number of nitrogens with one attached hydrogen (secondary N) is 1. The number of benzene rings is 2. The third kappa shape index (κ3) is 6.72. The summed E-state index contributed by atoms with van der Waals surface area (Å²) in [5, 5.41) is 12.3. The molecule has 0 aromatic heterocycles. The summed E-state index contributed by atoms with van der Waals surface area (Å²) in [6.07, 6.45) is 4.75. The standard InChI is InChI=1S/C32H42N2O5/c1-5-13-37-30(36)33-25-8-6-7-24(14-25)29-38-27(15-28(39-29)23-11-9-22(19-35)10-12-23)18-34-21-32(4)17-26(34)16-31(2,3)20-32/h5-12,14,26-29,35H,1,13,15-21H2,2-4H3,(H,33,36)/t26?,27-,28+,29+,32?/m1/s1. The van der Waals surface area contributed by atoms with Gasteiger partial charge in [-0.15, -0.1) is 0 Å². The van der Waals surface area contributed by atoms with Crippen LogP contribution in [0.15, 0.2) is 61.2 Å². The van der Waals surface area contributed by atoms with Crippen molar-refractivity contribution in [3.05, 3.63) is 77.9 Å². The van der Waals surface area contributed by atoms with Crippen LogP contribution in [0.1, 0.15) is 75.5 Å². The Morgan fingerprint density at radius 3 is 2.69 bits per heavy atom. The van der Waals surface area contributed by atoms with Gasteiger partial charge in [-0.25, -0.2) is 4.79 Å². The fourth-order valence-corrected chi connectivity index (χ4v) is 7.14. The van der Waals surface area contributed by atoms with Crippen molar-refractivity contribution in [2.45, 2.75) is 77.6 Å². The summed E-state index contributed by atoms with van der Waals surface area (Å²) in [6, 6.07) is 16.1. The topological polar surface area (TPSA) is 80.3 Å². The first-order chi connectivity index (χ1) is 18.6. The summed E-state index contributed by atoms with van der Waals surface area (Å²) < 4.78 is 18.2. The van der Waals surface area contributed by atoms with Crippen molar-refractivity contribution in [1.82, 2.24) is 4.90 Å². The molecule has 1 amide bonds. The molecule has 1 aliphatic carbocycles. The smallest absolute Gasteiger partial charge is 0.411 e. The number of carbonyl (C=O) groups excluding carboxylic acids is 1. The summed E-state index contributed by atoms with van der Waals surface area (Å²) in [4.78, 5) is 14.7. The Morgan fingerprint density at radius 2 is 1.95 bits per heavy atom. The number of aliphatic hydroxyl groups is 1. The summed E-state index contributed by atoms with van der Waals surface area (Å²) in [5.41, 5.74) is 4.12. The van der Waals surface area contributed by atoms with Gasteiger partial charge in [-0.3, -0.25) is 10.2 Å². The normalized spacial score (nSPS) is 30.1. The Kier molecular flexibility index (Phi) is 8.15. The fourth-order valence-electron chi connectivity index (χ4n) is 7.14. The highest BCUT2D eigenvalue weighted by Gasteiger charge is 2.50. The maximum Gasteiger partial charge on any atom is 0.411 e. The monoisotopic (exact) mass is 534 g/mol. The number of aliphatic hydroxyl groups excluding tert-OH is 1. The average Bonchev–Trinajstić information content (AvgIpc) is 3.14. The molecular weight excluding hydrogens is 492 g/mol. The number of ether oxygens (including phenoxy) is 3. The van der Waals surface area contributed by atoms with Crippen LogP contribution in [0.4, 0.5) is 10.5 Å². The number of anilines is 1. The maximum absolute atomic E-state index is 12.1.